The van der Waals surface area contributed by atoms with Gasteiger partial charge in [-0.1, -0.05) is 0 Å². The maximum absolute atomic E-state index is 12.1. The molecule has 7 heteroatoms. The molecule has 0 bridgehead atoms. The van der Waals surface area contributed by atoms with Crippen molar-refractivity contribution in [1.29, 1.82) is 0 Å². The molecule has 0 atom stereocenters. The SMILES string of the molecule is Cc1cc(C(=O)Nc2ccc(C(=O)O)cc2N)n(C)n1. The van der Waals surface area contributed by atoms with Crippen LogP contribution in [0.2, 0.25) is 0 Å². The number of carboxylic acid groups (broad SMARTS) is 1. The molecule has 4 N–H and O–H groups in total. The number of aryl methyl sites for hydroxylation is 2. The summed E-state index contributed by atoms with van der Waals surface area (Å²) in [6.45, 7) is 1.78. The van der Waals surface area contributed by atoms with Gasteiger partial charge in [-0.25, -0.2) is 4.79 Å². The molecule has 1 heterocycles. The van der Waals surface area contributed by atoms with Gasteiger partial charge in [0.15, 0.2) is 0 Å². The number of nitrogens with one attached hydrogen (secondary N) is 1. The third-order valence-corrected chi connectivity index (χ3v) is 2.78. The van der Waals surface area contributed by atoms with Gasteiger partial charge in [0.2, 0.25) is 0 Å². The normalized spacial score (nSPS) is 10.3. The lowest BCUT2D eigenvalue weighted by Gasteiger charge is -2.08. The number of hydrogen-bond acceptors (Lipinski definition) is 4. The number of hydrogen-bond donors (Lipinski definition) is 3. The Morgan fingerprint density at radius 1 is 1.35 bits per heavy atom. The van der Waals surface area contributed by atoms with Crippen molar-refractivity contribution >= 4 is 23.3 Å². The fraction of sp³-hybridized carbons (Fsp3) is 0.154. The molecule has 104 valence electrons. The number of benzene rings is 1. The average Bonchev–Trinajstić information content (AvgIpc) is 2.70. The Kier molecular flexibility index (Phi) is 3.43. The average molecular weight is 274 g/mol. The van der Waals surface area contributed by atoms with Crippen molar-refractivity contribution in [3.8, 4) is 0 Å². The zero-order valence-corrected chi connectivity index (χ0v) is 11.0. The minimum Gasteiger partial charge on any atom is -0.478 e. The summed E-state index contributed by atoms with van der Waals surface area (Å²) in [5.74, 6) is -1.43. The van der Waals surface area contributed by atoms with Gasteiger partial charge in [-0.3, -0.25) is 9.48 Å². The van der Waals surface area contributed by atoms with E-state index >= 15 is 0 Å². The van der Waals surface area contributed by atoms with Crippen molar-refractivity contribution in [2.75, 3.05) is 11.1 Å². The van der Waals surface area contributed by atoms with Crippen molar-refractivity contribution in [2.24, 2.45) is 7.05 Å². The molecule has 0 aliphatic heterocycles. The van der Waals surface area contributed by atoms with E-state index in [1.807, 2.05) is 0 Å². The lowest BCUT2D eigenvalue weighted by molar-refractivity contribution is 0.0697. The van der Waals surface area contributed by atoms with E-state index in [1.165, 1.54) is 22.9 Å². The zero-order chi connectivity index (χ0) is 14.9. The predicted octanol–water partition coefficient (Wildman–Crippen LogP) is 1.26. The van der Waals surface area contributed by atoms with E-state index in [0.29, 0.717) is 11.4 Å². The fourth-order valence-corrected chi connectivity index (χ4v) is 1.82. The maximum atomic E-state index is 12.1. The summed E-state index contributed by atoms with van der Waals surface area (Å²) in [6, 6.07) is 5.78. The van der Waals surface area contributed by atoms with Crippen LogP contribution in [-0.2, 0) is 7.05 Å². The molecule has 0 aliphatic rings. The van der Waals surface area contributed by atoms with Gasteiger partial charge in [-0.15, -0.1) is 0 Å². The highest BCUT2D eigenvalue weighted by Gasteiger charge is 2.14. The molecule has 0 radical (unpaired) electrons. The summed E-state index contributed by atoms with van der Waals surface area (Å²) >= 11 is 0. The van der Waals surface area contributed by atoms with Crippen LogP contribution < -0.4 is 11.1 Å². The van der Waals surface area contributed by atoms with Gasteiger partial charge in [-0.05, 0) is 31.2 Å². The van der Waals surface area contributed by atoms with Crippen LogP contribution in [0.4, 0.5) is 11.4 Å². The fourth-order valence-electron chi connectivity index (χ4n) is 1.82. The Morgan fingerprint density at radius 3 is 2.55 bits per heavy atom. The number of nitrogens with two attached hydrogens (primary N) is 1. The van der Waals surface area contributed by atoms with Crippen molar-refractivity contribution in [3.63, 3.8) is 0 Å². The van der Waals surface area contributed by atoms with Crippen molar-refractivity contribution in [1.82, 2.24) is 9.78 Å². The summed E-state index contributed by atoms with van der Waals surface area (Å²) < 4.78 is 1.46. The predicted molar refractivity (Wildman–Crippen MR) is 73.7 cm³/mol. The zero-order valence-electron chi connectivity index (χ0n) is 11.0. The third-order valence-electron chi connectivity index (χ3n) is 2.78. The highest BCUT2D eigenvalue weighted by molar-refractivity contribution is 6.05. The van der Waals surface area contributed by atoms with Crippen LogP contribution in [0.1, 0.15) is 26.5 Å². The molecule has 0 unspecified atom stereocenters. The van der Waals surface area contributed by atoms with Crippen molar-refractivity contribution < 1.29 is 14.7 Å². The second-order valence-electron chi connectivity index (χ2n) is 4.36. The van der Waals surface area contributed by atoms with E-state index < -0.39 is 5.97 Å². The van der Waals surface area contributed by atoms with E-state index in [2.05, 4.69) is 10.4 Å². The Morgan fingerprint density at radius 2 is 2.05 bits per heavy atom. The highest BCUT2D eigenvalue weighted by Crippen LogP contribution is 2.20. The molecule has 1 aromatic carbocycles. The quantitative estimate of drug-likeness (QED) is 0.730. The van der Waals surface area contributed by atoms with E-state index in [4.69, 9.17) is 10.8 Å². The largest absolute Gasteiger partial charge is 0.478 e. The maximum Gasteiger partial charge on any atom is 0.335 e. The molecule has 0 fully saturated rings. The number of aromatic nitrogens is 2. The standard InChI is InChI=1S/C13H14N4O3/c1-7-5-11(17(2)16-7)12(18)15-10-4-3-8(13(19)20)6-9(10)14/h3-6H,14H2,1-2H3,(H,15,18)(H,19,20). The van der Waals surface area contributed by atoms with Crippen LogP contribution in [0.25, 0.3) is 0 Å². The summed E-state index contributed by atoms with van der Waals surface area (Å²) in [4.78, 5) is 22.9. The van der Waals surface area contributed by atoms with Gasteiger partial charge in [-0.2, -0.15) is 5.10 Å². The van der Waals surface area contributed by atoms with Gasteiger partial charge in [0.1, 0.15) is 5.69 Å². The summed E-state index contributed by atoms with van der Waals surface area (Å²) in [5.41, 5.74) is 7.47. The third kappa shape index (κ3) is 2.61. The van der Waals surface area contributed by atoms with Gasteiger partial charge in [0.25, 0.3) is 5.91 Å². The molecular formula is C13H14N4O3. The monoisotopic (exact) mass is 274 g/mol. The Labute approximate surface area is 115 Å². The van der Waals surface area contributed by atoms with E-state index in [0.717, 1.165) is 5.69 Å². The van der Waals surface area contributed by atoms with Crippen LogP contribution in [0.15, 0.2) is 24.3 Å². The van der Waals surface area contributed by atoms with Crippen molar-refractivity contribution in [3.05, 3.63) is 41.2 Å². The van der Waals surface area contributed by atoms with Crippen LogP contribution in [0, 0.1) is 6.92 Å². The Bertz CT molecular complexity index is 691. The molecule has 20 heavy (non-hydrogen) atoms. The summed E-state index contributed by atoms with van der Waals surface area (Å²) in [7, 11) is 1.67. The Hall–Kier alpha value is -2.83. The molecule has 0 aliphatic carbocycles. The van der Waals surface area contributed by atoms with E-state index in [-0.39, 0.29) is 17.2 Å². The molecule has 0 saturated carbocycles. The number of anilines is 2. The number of carbonyl (C=O) groups is 2. The van der Waals surface area contributed by atoms with Crippen LogP contribution >= 0.6 is 0 Å². The van der Waals surface area contributed by atoms with Gasteiger partial charge in [0, 0.05) is 7.05 Å². The van der Waals surface area contributed by atoms with Crippen LogP contribution in [0.5, 0.6) is 0 Å². The number of nitrogens with zero attached hydrogens (tertiary/aromatic N) is 2. The van der Waals surface area contributed by atoms with Crippen LogP contribution in [-0.4, -0.2) is 26.8 Å². The first kappa shape index (κ1) is 13.6. The smallest absolute Gasteiger partial charge is 0.335 e. The highest BCUT2D eigenvalue weighted by atomic mass is 16.4. The number of amides is 1. The minimum absolute atomic E-state index is 0.0666. The van der Waals surface area contributed by atoms with Gasteiger partial charge in [0.05, 0.1) is 22.6 Å². The molecule has 2 aromatic rings. The lowest BCUT2D eigenvalue weighted by atomic mass is 10.1. The van der Waals surface area contributed by atoms with E-state index in [1.54, 1.807) is 20.0 Å². The number of carbonyl (C=O) groups excluding carboxylic acids is 1. The second-order valence-corrected chi connectivity index (χ2v) is 4.36. The minimum atomic E-state index is -1.07. The van der Waals surface area contributed by atoms with Crippen LogP contribution in [0.3, 0.4) is 0 Å². The topological polar surface area (TPSA) is 110 Å². The number of nitrogen functional groups attached to an aromatic ring is 1. The molecule has 7 nitrogen and oxygen atoms in total. The first-order valence-corrected chi connectivity index (χ1v) is 5.83. The first-order valence-electron chi connectivity index (χ1n) is 5.83. The molecule has 0 spiro atoms. The molecular weight excluding hydrogens is 260 g/mol. The number of aromatic carboxylic acids is 1. The molecule has 0 saturated heterocycles. The summed E-state index contributed by atoms with van der Waals surface area (Å²) in [5, 5.41) is 15.6. The number of carboxylic acids is 1. The molecule has 2 rings (SSSR count). The van der Waals surface area contributed by atoms with E-state index in [9.17, 15) is 9.59 Å². The second kappa shape index (κ2) is 5.04. The molecule has 1 amide bonds. The lowest BCUT2D eigenvalue weighted by Crippen LogP contribution is -2.17. The number of rotatable bonds is 3. The first-order chi connectivity index (χ1) is 9.38. The van der Waals surface area contributed by atoms with Crippen molar-refractivity contribution in [2.45, 2.75) is 6.92 Å². The summed E-state index contributed by atoms with van der Waals surface area (Å²) in [6.07, 6.45) is 0. The van der Waals surface area contributed by atoms with Gasteiger partial charge < -0.3 is 16.2 Å². The Balaban J connectivity index is 2.24. The van der Waals surface area contributed by atoms with Gasteiger partial charge >= 0.3 is 5.97 Å². The molecule has 1 aromatic heterocycles.